The van der Waals surface area contributed by atoms with Gasteiger partial charge in [-0.25, -0.2) is 0 Å². The minimum atomic E-state index is -1.03. The van der Waals surface area contributed by atoms with Gasteiger partial charge in [-0.3, -0.25) is 4.79 Å². The fourth-order valence-electron chi connectivity index (χ4n) is 1.69. The summed E-state index contributed by atoms with van der Waals surface area (Å²) in [5.74, 6) is -1.78. The molecule has 0 aliphatic carbocycles. The molecule has 94 valence electrons. The summed E-state index contributed by atoms with van der Waals surface area (Å²) in [5, 5.41) is 19.7. The lowest BCUT2D eigenvalue weighted by atomic mass is 9.92. The van der Waals surface area contributed by atoms with Gasteiger partial charge in [-0.15, -0.1) is 0 Å². The van der Waals surface area contributed by atoms with E-state index in [2.05, 4.69) is 15.9 Å². The molecule has 0 aliphatic heterocycles. The topological polar surface area (TPSA) is 57.5 Å². The van der Waals surface area contributed by atoms with Crippen LogP contribution < -0.4 is 0 Å². The van der Waals surface area contributed by atoms with Gasteiger partial charge in [0.2, 0.25) is 0 Å². The number of rotatable bonds is 5. The van der Waals surface area contributed by atoms with Crippen molar-refractivity contribution in [3.8, 4) is 0 Å². The predicted octanol–water partition coefficient (Wildman–Crippen LogP) is 3.64. The predicted molar refractivity (Wildman–Crippen MR) is 70.1 cm³/mol. The first-order valence-corrected chi connectivity index (χ1v) is 6.50. The van der Waals surface area contributed by atoms with Gasteiger partial charge in [0.05, 0.1) is 12.0 Å². The van der Waals surface area contributed by atoms with Crippen LogP contribution in [0, 0.1) is 5.92 Å². The number of halogens is 2. The van der Waals surface area contributed by atoms with Gasteiger partial charge < -0.3 is 10.2 Å². The van der Waals surface area contributed by atoms with Gasteiger partial charge in [-0.2, -0.15) is 0 Å². The Hall–Kier alpha value is -0.580. The highest BCUT2D eigenvalue weighted by Gasteiger charge is 2.28. The molecule has 0 bridgehead atoms. The third-order valence-electron chi connectivity index (χ3n) is 2.58. The van der Waals surface area contributed by atoms with Crippen LogP contribution >= 0.6 is 27.5 Å². The molecule has 0 amide bonds. The molecule has 0 fully saturated rings. The first kappa shape index (κ1) is 14.5. The molecule has 5 heteroatoms. The first-order chi connectivity index (χ1) is 7.97. The summed E-state index contributed by atoms with van der Waals surface area (Å²) in [6.07, 6.45) is 0.115. The molecule has 2 N–H and O–H groups in total. The molecule has 0 aromatic heterocycles. The molecule has 0 aliphatic rings. The number of aliphatic carboxylic acids is 1. The Morgan fingerprint density at radius 2 is 2.18 bits per heavy atom. The maximum atomic E-state index is 11.1. The third-order valence-corrected chi connectivity index (χ3v) is 3.50. The Kier molecular flexibility index (Phi) is 5.43. The number of aliphatic hydroxyl groups excluding tert-OH is 1. The minimum absolute atomic E-state index is 0.436. The fourth-order valence-corrected chi connectivity index (χ4v) is 2.60. The number of carbonyl (C=O) groups is 1. The highest BCUT2D eigenvalue weighted by molar-refractivity contribution is 9.10. The van der Waals surface area contributed by atoms with E-state index >= 15 is 0 Å². The van der Waals surface area contributed by atoms with E-state index < -0.39 is 18.0 Å². The standard InChI is InChI=1S/C12H14BrClO3/c1-2-3-9(12(16)17)11(15)8-5-4-7(14)6-10(8)13/h4-6,9,11,15H,2-3H2,1H3,(H,16,17). The smallest absolute Gasteiger partial charge is 0.309 e. The van der Waals surface area contributed by atoms with Crippen molar-refractivity contribution in [2.75, 3.05) is 0 Å². The summed E-state index contributed by atoms with van der Waals surface area (Å²) in [6.45, 7) is 1.89. The molecule has 0 saturated heterocycles. The van der Waals surface area contributed by atoms with Crippen molar-refractivity contribution >= 4 is 33.5 Å². The van der Waals surface area contributed by atoms with Crippen LogP contribution in [0.5, 0.6) is 0 Å². The van der Waals surface area contributed by atoms with E-state index in [0.717, 1.165) is 0 Å². The van der Waals surface area contributed by atoms with Crippen molar-refractivity contribution in [2.45, 2.75) is 25.9 Å². The highest BCUT2D eigenvalue weighted by atomic mass is 79.9. The Morgan fingerprint density at radius 1 is 1.53 bits per heavy atom. The molecule has 17 heavy (non-hydrogen) atoms. The Balaban J connectivity index is 3.00. The molecule has 2 unspecified atom stereocenters. The molecule has 0 saturated carbocycles. The monoisotopic (exact) mass is 320 g/mol. The average molecular weight is 322 g/mol. The Morgan fingerprint density at radius 3 is 2.65 bits per heavy atom. The zero-order valence-electron chi connectivity index (χ0n) is 9.36. The Labute approximate surface area is 114 Å². The first-order valence-electron chi connectivity index (χ1n) is 5.33. The molecule has 0 spiro atoms. The number of carboxylic acid groups (broad SMARTS) is 1. The zero-order chi connectivity index (χ0) is 13.0. The van der Waals surface area contributed by atoms with Gasteiger partial charge in [-0.1, -0.05) is 46.9 Å². The van der Waals surface area contributed by atoms with Crippen LogP contribution in [0.2, 0.25) is 5.02 Å². The zero-order valence-corrected chi connectivity index (χ0v) is 11.7. The normalized spacial score (nSPS) is 14.4. The van der Waals surface area contributed by atoms with E-state index in [1.807, 2.05) is 6.92 Å². The van der Waals surface area contributed by atoms with Crippen LogP contribution in [0.4, 0.5) is 0 Å². The van der Waals surface area contributed by atoms with Crippen LogP contribution in [-0.4, -0.2) is 16.2 Å². The molecule has 3 nitrogen and oxygen atoms in total. The molecule has 0 radical (unpaired) electrons. The summed E-state index contributed by atoms with van der Waals surface area (Å²) in [5.41, 5.74) is 0.551. The van der Waals surface area contributed by atoms with Crippen LogP contribution in [-0.2, 0) is 4.79 Å². The van der Waals surface area contributed by atoms with Crippen LogP contribution in [0.1, 0.15) is 31.4 Å². The van der Waals surface area contributed by atoms with Gasteiger partial charge in [0.25, 0.3) is 0 Å². The van der Waals surface area contributed by atoms with E-state index in [1.54, 1.807) is 18.2 Å². The van der Waals surface area contributed by atoms with Gasteiger partial charge in [0, 0.05) is 9.50 Å². The van der Waals surface area contributed by atoms with Crippen molar-refractivity contribution < 1.29 is 15.0 Å². The molecule has 1 aromatic rings. The van der Waals surface area contributed by atoms with Crippen molar-refractivity contribution in [2.24, 2.45) is 5.92 Å². The van der Waals surface area contributed by atoms with Crippen molar-refractivity contribution in [3.05, 3.63) is 33.3 Å². The molecule has 2 atom stereocenters. The molecule has 0 heterocycles. The summed E-state index contributed by atoms with van der Waals surface area (Å²) in [7, 11) is 0. The van der Waals surface area contributed by atoms with Crippen LogP contribution in [0.25, 0.3) is 0 Å². The third kappa shape index (κ3) is 3.69. The van der Waals surface area contributed by atoms with Crippen molar-refractivity contribution in [1.82, 2.24) is 0 Å². The van der Waals surface area contributed by atoms with Crippen LogP contribution in [0.3, 0.4) is 0 Å². The number of hydrogen-bond donors (Lipinski definition) is 2. The fraction of sp³-hybridized carbons (Fsp3) is 0.417. The Bertz CT molecular complexity index is 409. The SMILES string of the molecule is CCCC(C(=O)O)C(O)c1ccc(Cl)cc1Br. The van der Waals surface area contributed by atoms with Gasteiger partial charge in [0.1, 0.15) is 0 Å². The van der Waals surface area contributed by atoms with Gasteiger partial charge in [0.15, 0.2) is 0 Å². The lowest BCUT2D eigenvalue weighted by Crippen LogP contribution is -2.22. The number of aliphatic hydroxyl groups is 1. The van der Waals surface area contributed by atoms with E-state index in [-0.39, 0.29) is 0 Å². The summed E-state index contributed by atoms with van der Waals surface area (Å²) >= 11 is 9.08. The quantitative estimate of drug-likeness (QED) is 0.870. The molecular weight excluding hydrogens is 307 g/mol. The number of carboxylic acids is 1. The molecule has 1 aromatic carbocycles. The maximum absolute atomic E-state index is 11.1. The second-order valence-corrected chi connectivity index (χ2v) is 5.13. The number of hydrogen-bond acceptors (Lipinski definition) is 2. The molecule has 1 rings (SSSR count). The summed E-state index contributed by atoms with van der Waals surface area (Å²) in [6, 6.07) is 4.92. The van der Waals surface area contributed by atoms with Crippen molar-refractivity contribution in [1.29, 1.82) is 0 Å². The van der Waals surface area contributed by atoms with E-state index in [1.165, 1.54) is 0 Å². The van der Waals surface area contributed by atoms with E-state index in [0.29, 0.717) is 27.9 Å². The average Bonchev–Trinajstić information content (AvgIpc) is 2.24. The second-order valence-electron chi connectivity index (χ2n) is 3.84. The highest BCUT2D eigenvalue weighted by Crippen LogP contribution is 2.32. The lowest BCUT2D eigenvalue weighted by molar-refractivity contribution is -0.146. The molecular formula is C12H14BrClO3. The van der Waals surface area contributed by atoms with E-state index in [4.69, 9.17) is 16.7 Å². The minimum Gasteiger partial charge on any atom is -0.481 e. The lowest BCUT2D eigenvalue weighted by Gasteiger charge is -2.20. The van der Waals surface area contributed by atoms with Crippen molar-refractivity contribution in [3.63, 3.8) is 0 Å². The van der Waals surface area contributed by atoms with Gasteiger partial charge >= 0.3 is 5.97 Å². The second kappa shape index (κ2) is 6.38. The summed E-state index contributed by atoms with van der Waals surface area (Å²) < 4.78 is 0.625. The van der Waals surface area contributed by atoms with Crippen LogP contribution in [0.15, 0.2) is 22.7 Å². The number of benzene rings is 1. The largest absolute Gasteiger partial charge is 0.481 e. The van der Waals surface area contributed by atoms with E-state index in [9.17, 15) is 9.90 Å². The summed E-state index contributed by atoms with van der Waals surface area (Å²) in [4.78, 5) is 11.1. The maximum Gasteiger partial charge on any atom is 0.309 e. The van der Waals surface area contributed by atoms with Gasteiger partial charge in [-0.05, 0) is 24.1 Å².